The Bertz CT molecular complexity index is 618. The van der Waals surface area contributed by atoms with Crippen molar-refractivity contribution >= 4 is 11.7 Å². The number of rotatable bonds is 4. The van der Waals surface area contributed by atoms with E-state index < -0.39 is 0 Å². The van der Waals surface area contributed by atoms with Gasteiger partial charge in [0.2, 0.25) is 0 Å². The van der Waals surface area contributed by atoms with Gasteiger partial charge in [0.25, 0.3) is 5.91 Å². The molecule has 1 aliphatic rings. The second-order valence-corrected chi connectivity index (χ2v) is 5.04. The van der Waals surface area contributed by atoms with Crippen LogP contribution in [0.25, 0.3) is 5.69 Å². The Kier molecular flexibility index (Phi) is 3.87. The molecule has 2 aromatic rings. The molecule has 1 atom stereocenters. The van der Waals surface area contributed by atoms with Gasteiger partial charge >= 0.3 is 0 Å². The van der Waals surface area contributed by atoms with Gasteiger partial charge in [0.1, 0.15) is 11.4 Å². The number of hydrogen-bond donors (Lipinski definition) is 2. The zero-order valence-corrected chi connectivity index (χ0v) is 11.7. The minimum absolute atomic E-state index is 0.111. The zero-order valence-electron chi connectivity index (χ0n) is 11.7. The van der Waals surface area contributed by atoms with Crippen molar-refractivity contribution in [2.75, 3.05) is 18.9 Å². The Labute approximate surface area is 122 Å². The van der Waals surface area contributed by atoms with Gasteiger partial charge in [0.15, 0.2) is 0 Å². The molecule has 0 aliphatic carbocycles. The SMILES string of the molecule is Nc1c(C(=O)NC[C@H]2CCCO2)cnn1-c1ccccc1. The van der Waals surface area contributed by atoms with Crippen LogP contribution in [0.3, 0.4) is 0 Å². The second-order valence-electron chi connectivity index (χ2n) is 5.04. The number of nitrogens with zero attached hydrogens (tertiary/aromatic N) is 2. The van der Waals surface area contributed by atoms with E-state index in [0.717, 1.165) is 25.1 Å². The molecule has 0 spiro atoms. The molecule has 1 aliphatic heterocycles. The number of hydrogen-bond acceptors (Lipinski definition) is 4. The van der Waals surface area contributed by atoms with Crippen LogP contribution in [0.4, 0.5) is 5.82 Å². The molecular weight excluding hydrogens is 268 g/mol. The lowest BCUT2D eigenvalue weighted by Crippen LogP contribution is -2.32. The Hall–Kier alpha value is -2.34. The third kappa shape index (κ3) is 2.90. The van der Waals surface area contributed by atoms with Gasteiger partial charge in [-0.2, -0.15) is 5.10 Å². The number of anilines is 1. The first kappa shape index (κ1) is 13.6. The van der Waals surface area contributed by atoms with E-state index in [9.17, 15) is 4.79 Å². The van der Waals surface area contributed by atoms with Crippen LogP contribution in [0.5, 0.6) is 0 Å². The van der Waals surface area contributed by atoms with Gasteiger partial charge < -0.3 is 15.8 Å². The summed E-state index contributed by atoms with van der Waals surface area (Å²) in [5, 5.41) is 7.04. The van der Waals surface area contributed by atoms with Crippen molar-refractivity contribution in [2.24, 2.45) is 0 Å². The number of para-hydroxylation sites is 1. The highest BCUT2D eigenvalue weighted by molar-refractivity contribution is 5.98. The quantitative estimate of drug-likeness (QED) is 0.889. The van der Waals surface area contributed by atoms with Crippen molar-refractivity contribution in [1.82, 2.24) is 15.1 Å². The molecule has 1 aromatic heterocycles. The molecule has 1 saturated heterocycles. The van der Waals surface area contributed by atoms with Crippen molar-refractivity contribution in [3.63, 3.8) is 0 Å². The fourth-order valence-corrected chi connectivity index (χ4v) is 2.41. The molecule has 3 rings (SSSR count). The average Bonchev–Trinajstić information content (AvgIpc) is 3.15. The summed E-state index contributed by atoms with van der Waals surface area (Å²) in [7, 11) is 0. The highest BCUT2D eigenvalue weighted by Crippen LogP contribution is 2.17. The predicted molar refractivity (Wildman–Crippen MR) is 79.3 cm³/mol. The number of ether oxygens (including phenoxy) is 1. The first-order valence-corrected chi connectivity index (χ1v) is 7.04. The third-order valence-electron chi connectivity index (χ3n) is 3.57. The molecule has 0 unspecified atom stereocenters. The Morgan fingerprint density at radius 1 is 1.43 bits per heavy atom. The molecule has 1 fully saturated rings. The van der Waals surface area contributed by atoms with Crippen LogP contribution in [0.1, 0.15) is 23.2 Å². The fourth-order valence-electron chi connectivity index (χ4n) is 2.41. The monoisotopic (exact) mass is 286 g/mol. The molecule has 0 saturated carbocycles. The lowest BCUT2D eigenvalue weighted by Gasteiger charge is -2.10. The molecule has 2 heterocycles. The van der Waals surface area contributed by atoms with Crippen molar-refractivity contribution in [3.05, 3.63) is 42.1 Å². The Balaban J connectivity index is 1.71. The van der Waals surface area contributed by atoms with E-state index in [-0.39, 0.29) is 12.0 Å². The van der Waals surface area contributed by atoms with Crippen molar-refractivity contribution in [1.29, 1.82) is 0 Å². The van der Waals surface area contributed by atoms with Gasteiger partial charge in [-0.15, -0.1) is 0 Å². The maximum atomic E-state index is 12.2. The van der Waals surface area contributed by atoms with E-state index in [1.54, 1.807) is 4.68 Å². The predicted octanol–water partition coefficient (Wildman–Crippen LogP) is 1.36. The lowest BCUT2D eigenvalue weighted by atomic mass is 10.2. The Morgan fingerprint density at radius 3 is 2.95 bits per heavy atom. The van der Waals surface area contributed by atoms with Crippen LogP contribution in [0.2, 0.25) is 0 Å². The van der Waals surface area contributed by atoms with Gasteiger partial charge in [-0.1, -0.05) is 18.2 Å². The van der Waals surface area contributed by atoms with Crippen LogP contribution < -0.4 is 11.1 Å². The smallest absolute Gasteiger partial charge is 0.256 e. The van der Waals surface area contributed by atoms with Crippen molar-refractivity contribution in [2.45, 2.75) is 18.9 Å². The summed E-state index contributed by atoms with van der Waals surface area (Å²) in [5.41, 5.74) is 7.24. The van der Waals surface area contributed by atoms with E-state index in [1.165, 1.54) is 6.20 Å². The molecule has 1 aromatic carbocycles. The maximum Gasteiger partial charge on any atom is 0.256 e. The van der Waals surface area contributed by atoms with Crippen LogP contribution in [0.15, 0.2) is 36.5 Å². The van der Waals surface area contributed by atoms with Crippen LogP contribution in [-0.2, 0) is 4.74 Å². The first-order valence-electron chi connectivity index (χ1n) is 7.04. The molecule has 3 N–H and O–H groups in total. The minimum atomic E-state index is -0.217. The summed E-state index contributed by atoms with van der Waals surface area (Å²) >= 11 is 0. The van der Waals surface area contributed by atoms with Crippen LogP contribution in [-0.4, -0.2) is 34.9 Å². The fraction of sp³-hybridized carbons (Fsp3) is 0.333. The maximum absolute atomic E-state index is 12.2. The number of nitrogens with one attached hydrogen (secondary N) is 1. The standard InChI is InChI=1S/C15H18N4O2/c16-14-13(15(20)17-9-12-7-4-8-21-12)10-18-19(14)11-5-2-1-3-6-11/h1-3,5-6,10,12H,4,7-9,16H2,(H,17,20)/t12-/m1/s1. The molecular formula is C15H18N4O2. The summed E-state index contributed by atoms with van der Waals surface area (Å²) in [5.74, 6) is 0.122. The molecule has 0 bridgehead atoms. The Morgan fingerprint density at radius 2 is 2.24 bits per heavy atom. The zero-order chi connectivity index (χ0) is 14.7. The van der Waals surface area contributed by atoms with Crippen molar-refractivity contribution < 1.29 is 9.53 Å². The van der Waals surface area contributed by atoms with Gasteiger partial charge in [0, 0.05) is 13.2 Å². The van der Waals surface area contributed by atoms with E-state index in [2.05, 4.69) is 10.4 Å². The summed E-state index contributed by atoms with van der Waals surface area (Å²) in [6, 6.07) is 9.48. The average molecular weight is 286 g/mol. The minimum Gasteiger partial charge on any atom is -0.383 e. The molecule has 6 nitrogen and oxygen atoms in total. The van der Waals surface area contributed by atoms with E-state index in [4.69, 9.17) is 10.5 Å². The number of aromatic nitrogens is 2. The van der Waals surface area contributed by atoms with Gasteiger partial charge in [-0.05, 0) is 25.0 Å². The lowest BCUT2D eigenvalue weighted by molar-refractivity contribution is 0.0858. The molecule has 6 heteroatoms. The highest BCUT2D eigenvalue weighted by atomic mass is 16.5. The van der Waals surface area contributed by atoms with Crippen LogP contribution in [0, 0.1) is 0 Å². The summed E-state index contributed by atoms with van der Waals surface area (Å²) in [6.45, 7) is 1.28. The largest absolute Gasteiger partial charge is 0.383 e. The number of carbonyl (C=O) groups is 1. The highest BCUT2D eigenvalue weighted by Gasteiger charge is 2.19. The second kappa shape index (κ2) is 5.97. The number of benzene rings is 1. The number of carbonyl (C=O) groups excluding carboxylic acids is 1. The van der Waals surface area contributed by atoms with E-state index >= 15 is 0 Å². The topological polar surface area (TPSA) is 82.2 Å². The van der Waals surface area contributed by atoms with E-state index in [1.807, 2.05) is 30.3 Å². The summed E-state index contributed by atoms with van der Waals surface area (Å²) in [4.78, 5) is 12.2. The normalized spacial score (nSPS) is 17.8. The molecule has 21 heavy (non-hydrogen) atoms. The van der Waals surface area contributed by atoms with Gasteiger partial charge in [-0.3, -0.25) is 4.79 Å². The first-order chi connectivity index (χ1) is 10.3. The summed E-state index contributed by atoms with van der Waals surface area (Å²) in [6.07, 6.45) is 3.64. The third-order valence-corrected chi connectivity index (χ3v) is 3.57. The molecule has 1 amide bonds. The van der Waals surface area contributed by atoms with Gasteiger partial charge in [-0.25, -0.2) is 4.68 Å². The number of nitrogen functional groups attached to an aromatic ring is 1. The number of nitrogens with two attached hydrogens (primary N) is 1. The molecule has 0 radical (unpaired) electrons. The summed E-state index contributed by atoms with van der Waals surface area (Å²) < 4.78 is 7.03. The molecule has 110 valence electrons. The van der Waals surface area contributed by atoms with Gasteiger partial charge in [0.05, 0.1) is 18.0 Å². The number of amides is 1. The van der Waals surface area contributed by atoms with Crippen LogP contribution >= 0.6 is 0 Å². The van der Waals surface area contributed by atoms with E-state index in [0.29, 0.717) is 17.9 Å². The van der Waals surface area contributed by atoms with Crippen molar-refractivity contribution in [3.8, 4) is 5.69 Å².